The van der Waals surface area contributed by atoms with Gasteiger partial charge in [-0.3, -0.25) is 4.79 Å². The molecule has 0 saturated heterocycles. The van der Waals surface area contributed by atoms with Gasteiger partial charge in [-0.25, -0.2) is 9.59 Å². The average Bonchev–Trinajstić information content (AvgIpc) is 2.87. The van der Waals surface area contributed by atoms with Crippen LogP contribution in [-0.4, -0.2) is 31.4 Å². The van der Waals surface area contributed by atoms with E-state index in [1.54, 1.807) is 26.0 Å². The molecule has 0 saturated carbocycles. The van der Waals surface area contributed by atoms with Crippen LogP contribution in [0.2, 0.25) is 0 Å². The normalized spacial score (nSPS) is 11.5. The second-order valence-corrected chi connectivity index (χ2v) is 11.8. The molecule has 40 heavy (non-hydrogen) atoms. The molecule has 1 atom stereocenters. The second-order valence-electron chi connectivity index (χ2n) is 10.9. The molecule has 1 aromatic rings. The SMILES string of the molecule is CC(C)CCCCCCCCCCCCCCC(=O)OC(C(=O)OC(=O)c1ccc(N)cc1)C(C)C.[O]=[Ti]([OH])[OH]. The Labute approximate surface area is 247 Å². The molecule has 0 aromatic heterocycles. The zero-order valence-corrected chi connectivity index (χ0v) is 26.4. The number of nitrogens with two attached hydrogens (primary N) is 1. The number of hydrogen-bond acceptors (Lipinski definition) is 7. The Hall–Kier alpha value is -1.94. The number of benzene rings is 1. The number of carbonyl (C=O) groups excluding carboxylic acids is 3. The van der Waals surface area contributed by atoms with Crippen LogP contribution in [0.15, 0.2) is 24.3 Å². The van der Waals surface area contributed by atoms with Gasteiger partial charge >= 0.3 is 47.2 Å². The van der Waals surface area contributed by atoms with Gasteiger partial charge in [-0.05, 0) is 36.6 Å². The summed E-state index contributed by atoms with van der Waals surface area (Å²) in [6.45, 7) is 8.09. The molecule has 1 rings (SSSR count). The van der Waals surface area contributed by atoms with Gasteiger partial charge in [-0.2, -0.15) is 0 Å². The maximum atomic E-state index is 12.4. The van der Waals surface area contributed by atoms with E-state index in [-0.39, 0.29) is 17.9 Å². The summed E-state index contributed by atoms with van der Waals surface area (Å²) in [6, 6.07) is 6.07. The summed E-state index contributed by atoms with van der Waals surface area (Å²) in [4.78, 5) is 36.9. The molecule has 0 amide bonds. The van der Waals surface area contributed by atoms with Crippen molar-refractivity contribution in [1.82, 2.24) is 0 Å². The van der Waals surface area contributed by atoms with Crippen molar-refractivity contribution >= 4 is 23.6 Å². The van der Waals surface area contributed by atoms with Gasteiger partial charge in [0, 0.05) is 18.0 Å². The molecular weight excluding hydrogens is 550 g/mol. The Morgan fingerprint density at radius 3 is 1.62 bits per heavy atom. The fraction of sp³-hybridized carbons (Fsp3) is 0.700. The van der Waals surface area contributed by atoms with Gasteiger partial charge < -0.3 is 15.2 Å². The molecule has 0 heterocycles. The third kappa shape index (κ3) is 21.8. The summed E-state index contributed by atoms with van der Waals surface area (Å²) in [5.41, 5.74) is 6.33. The van der Waals surface area contributed by atoms with Gasteiger partial charge in [-0.1, -0.05) is 105 Å². The molecule has 228 valence electrons. The van der Waals surface area contributed by atoms with Crippen LogP contribution in [-0.2, 0) is 41.0 Å². The molecule has 10 heteroatoms. The molecule has 0 radical (unpaired) electrons. The van der Waals surface area contributed by atoms with Crippen LogP contribution in [0, 0.1) is 11.8 Å². The molecule has 1 unspecified atom stereocenters. The number of anilines is 1. The fourth-order valence-corrected chi connectivity index (χ4v) is 4.07. The first-order valence-electron chi connectivity index (χ1n) is 14.7. The third-order valence-electron chi connectivity index (χ3n) is 6.35. The first-order valence-corrected chi connectivity index (χ1v) is 16.7. The number of unbranched alkanes of at least 4 members (excludes halogenated alkanes) is 11. The molecular formula is C30H51NO8Ti. The predicted octanol–water partition coefficient (Wildman–Crippen LogP) is 6.40. The van der Waals surface area contributed by atoms with E-state index in [0.29, 0.717) is 5.69 Å². The van der Waals surface area contributed by atoms with Crippen LogP contribution in [0.4, 0.5) is 5.69 Å². The summed E-state index contributed by atoms with van der Waals surface area (Å²) in [5, 5.41) is 0. The molecule has 0 aliphatic heterocycles. The zero-order chi connectivity index (χ0) is 30.3. The van der Waals surface area contributed by atoms with Crippen LogP contribution in [0.1, 0.15) is 128 Å². The van der Waals surface area contributed by atoms with E-state index < -0.39 is 42.6 Å². The molecule has 0 bridgehead atoms. The summed E-state index contributed by atoms with van der Waals surface area (Å²) >= 11 is -3.58. The summed E-state index contributed by atoms with van der Waals surface area (Å²) < 4.78 is 33.5. The number of esters is 3. The second kappa shape index (κ2) is 23.7. The van der Waals surface area contributed by atoms with Gasteiger partial charge in [0.15, 0.2) is 0 Å². The van der Waals surface area contributed by atoms with Gasteiger partial charge in [0.2, 0.25) is 6.10 Å². The predicted molar refractivity (Wildman–Crippen MR) is 151 cm³/mol. The monoisotopic (exact) mass is 601 g/mol. The molecule has 0 aliphatic rings. The van der Waals surface area contributed by atoms with Crippen molar-refractivity contribution in [3.05, 3.63) is 29.8 Å². The van der Waals surface area contributed by atoms with Crippen LogP contribution in [0.3, 0.4) is 0 Å². The summed E-state index contributed by atoms with van der Waals surface area (Å²) in [7, 11) is 0. The van der Waals surface area contributed by atoms with Gasteiger partial charge in [0.1, 0.15) is 0 Å². The van der Waals surface area contributed by atoms with E-state index in [0.717, 1.165) is 25.2 Å². The minimum absolute atomic E-state index is 0.212. The first kappa shape index (κ1) is 38.1. The van der Waals surface area contributed by atoms with Crippen molar-refractivity contribution in [1.29, 1.82) is 0 Å². The van der Waals surface area contributed by atoms with Crippen molar-refractivity contribution in [3.63, 3.8) is 0 Å². The minimum atomic E-state index is -3.58. The number of carbonyl (C=O) groups is 3. The summed E-state index contributed by atoms with van der Waals surface area (Å²) in [5.74, 6) is -1.55. The Kier molecular flexibility index (Phi) is 22.6. The van der Waals surface area contributed by atoms with Crippen LogP contribution < -0.4 is 5.73 Å². The molecule has 0 fully saturated rings. The van der Waals surface area contributed by atoms with E-state index in [1.165, 1.54) is 76.3 Å². The van der Waals surface area contributed by atoms with Crippen LogP contribution in [0.25, 0.3) is 0 Å². The Balaban J connectivity index is 0.00000354. The van der Waals surface area contributed by atoms with Crippen LogP contribution >= 0.6 is 0 Å². The van der Waals surface area contributed by atoms with E-state index >= 15 is 0 Å². The maximum absolute atomic E-state index is 12.4. The zero-order valence-electron chi connectivity index (χ0n) is 24.9. The van der Waals surface area contributed by atoms with Gasteiger partial charge in [0.05, 0.1) is 5.56 Å². The number of rotatable bonds is 19. The van der Waals surface area contributed by atoms with Crippen molar-refractivity contribution < 1.29 is 53.2 Å². The molecule has 9 nitrogen and oxygen atoms in total. The molecule has 0 aliphatic carbocycles. The Morgan fingerprint density at radius 1 is 0.775 bits per heavy atom. The standard InChI is InChI=1S/C30H49NO5.2H2O.O.Ti/c1-23(2)17-15-13-11-9-7-5-6-8-10-12-14-16-18-27(32)35-28(24(3)4)30(34)36-29(33)25-19-21-26(31)22-20-25;;;;/h19-24,28H,5-18,31H2,1-4H3;2*1H2;;/q;;;;+2/p-2. The molecule has 4 N–H and O–H groups in total. The Morgan fingerprint density at radius 2 is 1.20 bits per heavy atom. The van der Waals surface area contributed by atoms with Crippen molar-refractivity contribution in [2.45, 2.75) is 124 Å². The quantitative estimate of drug-likeness (QED) is 0.0537. The van der Waals surface area contributed by atoms with Gasteiger partial charge in [-0.15, -0.1) is 0 Å². The van der Waals surface area contributed by atoms with E-state index in [4.69, 9.17) is 25.9 Å². The molecule has 1 aromatic carbocycles. The van der Waals surface area contributed by atoms with Crippen molar-refractivity contribution in [2.24, 2.45) is 11.8 Å². The van der Waals surface area contributed by atoms with E-state index in [9.17, 15) is 14.4 Å². The van der Waals surface area contributed by atoms with Gasteiger partial charge in [0.25, 0.3) is 0 Å². The van der Waals surface area contributed by atoms with E-state index in [1.807, 2.05) is 0 Å². The van der Waals surface area contributed by atoms with E-state index in [2.05, 4.69) is 13.8 Å². The molecule has 0 spiro atoms. The van der Waals surface area contributed by atoms with Crippen molar-refractivity contribution in [3.8, 4) is 0 Å². The third-order valence-corrected chi connectivity index (χ3v) is 6.35. The van der Waals surface area contributed by atoms with Crippen LogP contribution in [0.5, 0.6) is 0 Å². The fourth-order valence-electron chi connectivity index (χ4n) is 4.07. The summed E-state index contributed by atoms with van der Waals surface area (Å²) in [6.07, 6.45) is 15.2. The number of hydrogen-bond donors (Lipinski definition) is 3. The number of ether oxygens (including phenoxy) is 2. The number of nitrogen functional groups attached to an aromatic ring is 1. The topological polar surface area (TPSA) is 153 Å². The first-order chi connectivity index (χ1) is 18.9. The Bertz CT molecular complexity index is 854. The average molecular weight is 602 g/mol. The van der Waals surface area contributed by atoms with Crippen molar-refractivity contribution in [2.75, 3.05) is 5.73 Å².